The number of benzene rings is 2. The fraction of sp³-hybridized carbons (Fsp3) is 0.391. The molecule has 0 saturated carbocycles. The molecule has 0 bridgehead atoms. The van der Waals surface area contributed by atoms with Gasteiger partial charge in [-0.3, -0.25) is 20.0 Å². The van der Waals surface area contributed by atoms with Crippen molar-refractivity contribution < 1.29 is 14.3 Å². The summed E-state index contributed by atoms with van der Waals surface area (Å²) in [6, 6.07) is 15.1. The van der Waals surface area contributed by atoms with Crippen molar-refractivity contribution >= 4 is 17.6 Å². The Morgan fingerprint density at radius 1 is 1.13 bits per heavy atom. The van der Waals surface area contributed by atoms with Crippen molar-refractivity contribution in [2.75, 3.05) is 51.8 Å². The summed E-state index contributed by atoms with van der Waals surface area (Å²) in [5, 5.41) is 6.23. The van der Waals surface area contributed by atoms with Gasteiger partial charge in [-0.2, -0.15) is 0 Å². The molecule has 0 atom stereocenters. The molecule has 0 radical (unpaired) electrons. The van der Waals surface area contributed by atoms with Gasteiger partial charge in [0, 0.05) is 30.9 Å². The Kier molecular flexibility index (Phi) is 8.23. The van der Waals surface area contributed by atoms with Crippen molar-refractivity contribution in [2.45, 2.75) is 13.3 Å². The zero-order valence-electron chi connectivity index (χ0n) is 17.7. The van der Waals surface area contributed by atoms with E-state index >= 15 is 0 Å². The van der Waals surface area contributed by atoms with Crippen molar-refractivity contribution in [2.24, 2.45) is 4.99 Å². The number of nitrogens with zero attached hydrogens (tertiary/aromatic N) is 2. The number of anilines is 1. The summed E-state index contributed by atoms with van der Waals surface area (Å²) in [5.41, 5.74) is 2.65. The number of hydrogen-bond donors (Lipinski definition) is 2. The topological polar surface area (TPSA) is 75.2 Å². The highest BCUT2D eigenvalue weighted by molar-refractivity contribution is 6.10. The maximum atomic E-state index is 12.8. The first-order valence-electron chi connectivity index (χ1n) is 10.3. The zero-order valence-corrected chi connectivity index (χ0v) is 17.7. The molecule has 1 amide bonds. The fourth-order valence-electron chi connectivity index (χ4n) is 3.24. The van der Waals surface area contributed by atoms with Crippen LogP contribution in [-0.4, -0.2) is 63.3 Å². The number of rotatable bonds is 7. The normalized spacial score (nSPS) is 14.9. The van der Waals surface area contributed by atoms with E-state index in [1.165, 1.54) is 0 Å². The Hall–Kier alpha value is -2.90. The molecule has 0 aromatic heterocycles. The Balaban J connectivity index is 1.71. The minimum absolute atomic E-state index is 0.218. The van der Waals surface area contributed by atoms with E-state index in [1.54, 1.807) is 31.4 Å². The molecule has 0 spiro atoms. The average molecular weight is 411 g/mol. The van der Waals surface area contributed by atoms with Gasteiger partial charge in [-0.15, -0.1) is 0 Å². The van der Waals surface area contributed by atoms with Gasteiger partial charge in [0.25, 0.3) is 5.91 Å². The van der Waals surface area contributed by atoms with Crippen molar-refractivity contribution in [3.05, 3.63) is 59.7 Å². The third kappa shape index (κ3) is 6.30. The van der Waals surface area contributed by atoms with E-state index in [4.69, 9.17) is 9.47 Å². The number of carbonyl (C=O) groups is 1. The Morgan fingerprint density at radius 2 is 1.87 bits per heavy atom. The number of para-hydroxylation sites is 1. The van der Waals surface area contributed by atoms with Gasteiger partial charge in [-0.05, 0) is 42.3 Å². The van der Waals surface area contributed by atoms with Crippen LogP contribution >= 0.6 is 0 Å². The van der Waals surface area contributed by atoms with E-state index in [1.807, 2.05) is 18.2 Å². The van der Waals surface area contributed by atoms with Gasteiger partial charge in [0.05, 0.1) is 26.9 Å². The molecule has 2 N–H and O–H groups in total. The van der Waals surface area contributed by atoms with Crippen LogP contribution in [0.2, 0.25) is 0 Å². The van der Waals surface area contributed by atoms with Crippen LogP contribution in [0.1, 0.15) is 22.8 Å². The Labute approximate surface area is 178 Å². The third-order valence-electron chi connectivity index (χ3n) is 5.03. The first-order valence-corrected chi connectivity index (χ1v) is 10.3. The number of carbonyl (C=O) groups excluding carboxylic acids is 1. The summed E-state index contributed by atoms with van der Waals surface area (Å²) < 4.78 is 10.6. The zero-order chi connectivity index (χ0) is 21.2. The number of amides is 1. The molecule has 30 heavy (non-hydrogen) atoms. The van der Waals surface area contributed by atoms with Gasteiger partial charge in [-0.1, -0.05) is 25.1 Å². The minimum atomic E-state index is -0.218. The van der Waals surface area contributed by atoms with Gasteiger partial charge in [0.15, 0.2) is 0 Å². The highest BCUT2D eigenvalue weighted by atomic mass is 16.5. The van der Waals surface area contributed by atoms with Crippen LogP contribution in [0.25, 0.3) is 0 Å². The lowest BCUT2D eigenvalue weighted by Crippen LogP contribution is -2.39. The number of aliphatic imine (C=N–C) groups is 1. The largest absolute Gasteiger partial charge is 0.497 e. The summed E-state index contributed by atoms with van der Waals surface area (Å²) in [6.07, 6.45) is 0.886. The number of ether oxygens (including phenoxy) is 2. The van der Waals surface area contributed by atoms with Crippen LogP contribution in [0, 0.1) is 0 Å². The number of methoxy groups -OCH3 is 1. The molecule has 1 saturated heterocycles. The molecule has 1 aliphatic rings. The van der Waals surface area contributed by atoms with Crippen molar-refractivity contribution in [3.8, 4) is 5.75 Å². The summed E-state index contributed by atoms with van der Waals surface area (Å²) >= 11 is 0. The number of morpholine rings is 1. The van der Waals surface area contributed by atoms with E-state index < -0.39 is 0 Å². The van der Waals surface area contributed by atoms with Gasteiger partial charge in [-0.25, -0.2) is 0 Å². The van der Waals surface area contributed by atoms with Crippen LogP contribution in [0.5, 0.6) is 5.75 Å². The maximum Gasteiger partial charge on any atom is 0.257 e. The Morgan fingerprint density at radius 3 is 2.57 bits per heavy atom. The number of hydrogen-bond acceptors (Lipinski definition) is 5. The van der Waals surface area contributed by atoms with E-state index in [9.17, 15) is 4.79 Å². The first kappa shape index (κ1) is 21.8. The van der Waals surface area contributed by atoms with Crippen LogP contribution in [-0.2, 0) is 11.2 Å². The van der Waals surface area contributed by atoms with Gasteiger partial charge in [0.2, 0.25) is 5.96 Å². The van der Waals surface area contributed by atoms with Crippen molar-refractivity contribution in [3.63, 3.8) is 0 Å². The number of nitrogens with one attached hydrogen (secondary N) is 2. The fourth-order valence-corrected chi connectivity index (χ4v) is 3.24. The maximum absolute atomic E-state index is 12.8. The molecule has 7 heteroatoms. The molecule has 1 aliphatic heterocycles. The van der Waals surface area contributed by atoms with Gasteiger partial charge in [0.1, 0.15) is 5.75 Å². The molecule has 0 unspecified atom stereocenters. The SMILES string of the molecule is CCc1ccccc1NC(=NCCN1CCOCC1)NC(=O)c1ccc(OC)cc1. The lowest BCUT2D eigenvalue weighted by Gasteiger charge is -2.25. The van der Waals surface area contributed by atoms with Crippen LogP contribution in [0.4, 0.5) is 5.69 Å². The highest BCUT2D eigenvalue weighted by Crippen LogP contribution is 2.16. The van der Waals surface area contributed by atoms with Gasteiger partial charge >= 0.3 is 0 Å². The smallest absolute Gasteiger partial charge is 0.257 e. The van der Waals surface area contributed by atoms with E-state index in [0.717, 1.165) is 50.5 Å². The highest BCUT2D eigenvalue weighted by Gasteiger charge is 2.12. The summed E-state index contributed by atoms with van der Waals surface area (Å²) in [7, 11) is 1.60. The van der Waals surface area contributed by atoms with Crippen LogP contribution in [0.15, 0.2) is 53.5 Å². The molecule has 2 aromatic rings. The molecule has 1 heterocycles. The van der Waals surface area contributed by atoms with E-state index in [0.29, 0.717) is 23.8 Å². The third-order valence-corrected chi connectivity index (χ3v) is 5.03. The van der Waals surface area contributed by atoms with Crippen LogP contribution in [0.3, 0.4) is 0 Å². The molecule has 3 rings (SSSR count). The summed E-state index contributed by atoms with van der Waals surface area (Å²) in [4.78, 5) is 19.7. The predicted octanol–water partition coefficient (Wildman–Crippen LogP) is 2.79. The quantitative estimate of drug-likeness (QED) is 0.542. The van der Waals surface area contributed by atoms with Gasteiger partial charge < -0.3 is 14.8 Å². The Bertz CT molecular complexity index is 846. The second-order valence-electron chi connectivity index (χ2n) is 7.00. The summed E-state index contributed by atoms with van der Waals surface area (Å²) in [6.45, 7) is 6.84. The molecule has 160 valence electrons. The standard InChI is InChI=1S/C23H30N4O3/c1-3-18-6-4-5-7-21(18)25-23(24-12-13-27-14-16-30-17-15-27)26-22(28)19-8-10-20(29-2)11-9-19/h4-11H,3,12-17H2,1-2H3,(H2,24,25,26,28). The molecular formula is C23H30N4O3. The number of aryl methyl sites for hydroxylation is 1. The first-order chi connectivity index (χ1) is 14.7. The van der Waals surface area contributed by atoms with E-state index in [2.05, 4.69) is 33.5 Å². The van der Waals surface area contributed by atoms with E-state index in [-0.39, 0.29) is 5.91 Å². The van der Waals surface area contributed by atoms with Crippen molar-refractivity contribution in [1.82, 2.24) is 10.2 Å². The molecule has 2 aromatic carbocycles. The molecule has 0 aliphatic carbocycles. The minimum Gasteiger partial charge on any atom is -0.497 e. The molecule has 7 nitrogen and oxygen atoms in total. The lowest BCUT2D eigenvalue weighted by molar-refractivity contribution is 0.0394. The molecular weight excluding hydrogens is 380 g/mol. The lowest BCUT2D eigenvalue weighted by atomic mass is 10.1. The number of guanidine groups is 1. The van der Waals surface area contributed by atoms with Crippen molar-refractivity contribution in [1.29, 1.82) is 0 Å². The monoisotopic (exact) mass is 410 g/mol. The predicted molar refractivity (Wildman–Crippen MR) is 119 cm³/mol. The second-order valence-corrected chi connectivity index (χ2v) is 7.00. The average Bonchev–Trinajstić information content (AvgIpc) is 2.80. The summed E-state index contributed by atoms with van der Waals surface area (Å²) in [5.74, 6) is 0.940. The second kappa shape index (κ2) is 11.3. The van der Waals surface area contributed by atoms with Crippen LogP contribution < -0.4 is 15.4 Å². The molecule has 1 fully saturated rings.